The van der Waals surface area contributed by atoms with Gasteiger partial charge in [0.05, 0.1) is 12.0 Å². The minimum atomic E-state index is -3.06. The molecule has 0 heterocycles. The maximum Gasteiger partial charge on any atom is 0.372 e. The fraction of sp³-hybridized carbons (Fsp3) is 0.400. The minimum Gasteiger partial charge on any atom is -0.298 e. The van der Waals surface area contributed by atoms with E-state index in [9.17, 15) is 8.78 Å². The van der Waals surface area contributed by atoms with Crippen LogP contribution in [0.4, 0.5) is 8.78 Å². The Bertz CT molecular complexity index is 311. The van der Waals surface area contributed by atoms with E-state index >= 15 is 0 Å². The van der Waals surface area contributed by atoms with Crippen molar-refractivity contribution in [3.05, 3.63) is 35.9 Å². The zero-order valence-electron chi connectivity index (χ0n) is 8.34. The molecule has 0 amide bonds. The highest BCUT2D eigenvalue weighted by atomic mass is 79.9. The zero-order chi connectivity index (χ0) is 11.5. The van der Waals surface area contributed by atoms with Crippen molar-refractivity contribution in [1.29, 1.82) is 0 Å². The summed E-state index contributed by atoms with van der Waals surface area (Å²) in [7, 11) is 0. The number of hydrogen-bond acceptors (Lipinski definition) is 2. The SMILES string of the molecule is CC(C)(OSC(F)(F)Br)c1ccccc1. The van der Waals surface area contributed by atoms with E-state index in [0.717, 1.165) is 5.56 Å². The lowest BCUT2D eigenvalue weighted by atomic mass is 9.99. The Hall–Kier alpha value is -0.130. The van der Waals surface area contributed by atoms with Gasteiger partial charge in [-0.05, 0) is 19.4 Å². The lowest BCUT2D eigenvalue weighted by Gasteiger charge is -2.25. The number of benzene rings is 1. The second-order valence-electron chi connectivity index (χ2n) is 3.49. The van der Waals surface area contributed by atoms with Crippen LogP contribution in [0.3, 0.4) is 0 Å². The number of hydrogen-bond donors (Lipinski definition) is 0. The van der Waals surface area contributed by atoms with Crippen LogP contribution in [0.5, 0.6) is 0 Å². The first-order valence-electron chi connectivity index (χ1n) is 4.30. The molecule has 0 aliphatic carbocycles. The van der Waals surface area contributed by atoms with Crippen molar-refractivity contribution in [3.8, 4) is 0 Å². The highest BCUT2D eigenvalue weighted by Crippen LogP contribution is 2.41. The number of alkyl halides is 3. The Morgan fingerprint density at radius 2 is 1.73 bits per heavy atom. The van der Waals surface area contributed by atoms with Crippen LogP contribution in [0.25, 0.3) is 0 Å². The molecule has 0 aliphatic heterocycles. The molecular weight excluding hydrogens is 286 g/mol. The summed E-state index contributed by atoms with van der Waals surface area (Å²) in [6.07, 6.45) is 0. The third-order valence-electron chi connectivity index (χ3n) is 1.81. The minimum absolute atomic E-state index is 0.119. The number of halogens is 3. The molecule has 1 aromatic carbocycles. The monoisotopic (exact) mass is 296 g/mol. The molecule has 0 bridgehead atoms. The van der Waals surface area contributed by atoms with Crippen LogP contribution in [-0.4, -0.2) is 4.16 Å². The normalized spacial score (nSPS) is 12.9. The van der Waals surface area contributed by atoms with Gasteiger partial charge in [0.2, 0.25) is 0 Å². The first-order chi connectivity index (χ1) is 6.81. The van der Waals surface area contributed by atoms with E-state index in [2.05, 4.69) is 15.9 Å². The number of rotatable bonds is 4. The highest BCUT2D eigenvalue weighted by Gasteiger charge is 2.31. The molecule has 0 saturated carbocycles. The van der Waals surface area contributed by atoms with Crippen molar-refractivity contribution in [1.82, 2.24) is 0 Å². The van der Waals surface area contributed by atoms with Gasteiger partial charge in [-0.15, -0.1) is 0 Å². The topological polar surface area (TPSA) is 9.23 Å². The summed E-state index contributed by atoms with van der Waals surface area (Å²) in [5.41, 5.74) is 0.109. The summed E-state index contributed by atoms with van der Waals surface area (Å²) < 4.78 is 27.1. The van der Waals surface area contributed by atoms with Gasteiger partial charge in [-0.2, -0.15) is 8.78 Å². The fourth-order valence-electron chi connectivity index (χ4n) is 1.04. The van der Waals surface area contributed by atoms with E-state index in [4.69, 9.17) is 4.18 Å². The smallest absolute Gasteiger partial charge is 0.298 e. The van der Waals surface area contributed by atoms with Crippen LogP contribution < -0.4 is 0 Å². The molecule has 1 nitrogen and oxygen atoms in total. The molecule has 0 spiro atoms. The van der Waals surface area contributed by atoms with Gasteiger partial charge in [0.1, 0.15) is 5.60 Å². The molecule has 84 valence electrons. The molecule has 0 aromatic heterocycles. The molecule has 0 N–H and O–H groups in total. The average Bonchev–Trinajstić information content (AvgIpc) is 2.16. The fourth-order valence-corrected chi connectivity index (χ4v) is 1.64. The van der Waals surface area contributed by atoms with Gasteiger partial charge in [0, 0.05) is 15.9 Å². The quantitative estimate of drug-likeness (QED) is 0.596. The lowest BCUT2D eigenvalue weighted by molar-refractivity contribution is 0.119. The Morgan fingerprint density at radius 3 is 2.20 bits per heavy atom. The first-order valence-corrected chi connectivity index (χ1v) is 5.84. The molecule has 0 atom stereocenters. The molecule has 1 rings (SSSR count). The Balaban J connectivity index is 2.68. The third-order valence-corrected chi connectivity index (χ3v) is 2.90. The van der Waals surface area contributed by atoms with Crippen LogP contribution in [0, 0.1) is 0 Å². The molecule has 0 aliphatic rings. The largest absolute Gasteiger partial charge is 0.372 e. The molecule has 0 radical (unpaired) electrons. The maximum atomic E-state index is 12.5. The van der Waals surface area contributed by atoms with Crippen LogP contribution in [0.15, 0.2) is 30.3 Å². The Labute approximate surface area is 101 Å². The molecular formula is C10H11BrF2OS. The summed E-state index contributed by atoms with van der Waals surface area (Å²) in [4.78, 5) is 0. The summed E-state index contributed by atoms with van der Waals surface area (Å²) in [5.74, 6) is 0. The van der Waals surface area contributed by atoms with E-state index in [0.29, 0.717) is 0 Å². The standard InChI is InChI=1S/C10H11BrF2OS/c1-9(2,14-15-10(11,12)13)8-6-4-3-5-7-8/h3-7H,1-2H3. The van der Waals surface area contributed by atoms with E-state index in [-0.39, 0.29) is 12.0 Å². The van der Waals surface area contributed by atoms with Crippen molar-refractivity contribution < 1.29 is 13.0 Å². The van der Waals surface area contributed by atoms with Gasteiger partial charge in [0.25, 0.3) is 0 Å². The molecule has 0 fully saturated rings. The van der Waals surface area contributed by atoms with Crippen molar-refractivity contribution in [2.24, 2.45) is 0 Å². The van der Waals surface area contributed by atoms with Crippen molar-refractivity contribution in [2.45, 2.75) is 23.6 Å². The highest BCUT2D eigenvalue weighted by molar-refractivity contribution is 9.11. The van der Waals surface area contributed by atoms with Gasteiger partial charge in [-0.25, -0.2) is 0 Å². The van der Waals surface area contributed by atoms with Crippen molar-refractivity contribution in [3.63, 3.8) is 0 Å². The lowest BCUT2D eigenvalue weighted by Crippen LogP contribution is -2.20. The molecule has 1 aromatic rings. The molecule has 5 heteroatoms. The predicted octanol–water partition coefficient (Wildman–Crippen LogP) is 4.53. The van der Waals surface area contributed by atoms with Crippen LogP contribution in [-0.2, 0) is 9.78 Å². The van der Waals surface area contributed by atoms with Crippen molar-refractivity contribution >= 4 is 28.0 Å². The molecule has 15 heavy (non-hydrogen) atoms. The van der Waals surface area contributed by atoms with E-state index in [1.807, 2.05) is 30.3 Å². The van der Waals surface area contributed by atoms with Crippen LogP contribution in [0.1, 0.15) is 19.4 Å². The Morgan fingerprint density at radius 1 is 1.20 bits per heavy atom. The Kier molecular flexibility index (Phi) is 4.14. The second kappa shape index (κ2) is 4.80. The van der Waals surface area contributed by atoms with Gasteiger partial charge < -0.3 is 0 Å². The third kappa shape index (κ3) is 4.49. The van der Waals surface area contributed by atoms with Gasteiger partial charge in [-0.3, -0.25) is 4.18 Å². The summed E-state index contributed by atoms with van der Waals surface area (Å²) in [5, 5.41) is 0. The zero-order valence-corrected chi connectivity index (χ0v) is 10.7. The molecule has 0 unspecified atom stereocenters. The van der Waals surface area contributed by atoms with Crippen LogP contribution in [0.2, 0.25) is 0 Å². The van der Waals surface area contributed by atoms with Gasteiger partial charge in [0.15, 0.2) is 0 Å². The average molecular weight is 297 g/mol. The van der Waals surface area contributed by atoms with Crippen LogP contribution >= 0.6 is 28.0 Å². The molecule has 0 saturated heterocycles. The van der Waals surface area contributed by atoms with E-state index < -0.39 is 9.76 Å². The first kappa shape index (κ1) is 12.9. The predicted molar refractivity (Wildman–Crippen MR) is 62.0 cm³/mol. The van der Waals surface area contributed by atoms with Gasteiger partial charge in [-0.1, -0.05) is 30.3 Å². The van der Waals surface area contributed by atoms with E-state index in [1.165, 1.54) is 0 Å². The summed E-state index contributed by atoms with van der Waals surface area (Å²) >= 11 is 2.33. The van der Waals surface area contributed by atoms with Gasteiger partial charge >= 0.3 is 4.16 Å². The summed E-state index contributed by atoms with van der Waals surface area (Å²) in [6.45, 7) is 3.49. The maximum absolute atomic E-state index is 12.5. The van der Waals surface area contributed by atoms with Crippen molar-refractivity contribution in [2.75, 3.05) is 0 Å². The summed E-state index contributed by atoms with van der Waals surface area (Å²) in [6, 6.07) is 9.24. The van der Waals surface area contributed by atoms with E-state index in [1.54, 1.807) is 13.8 Å². The second-order valence-corrected chi connectivity index (χ2v) is 5.86.